The van der Waals surface area contributed by atoms with Gasteiger partial charge in [0.25, 0.3) is 0 Å². The molecule has 1 fully saturated rings. The number of nitrogens with zero attached hydrogens (tertiary/aromatic N) is 1. The van der Waals surface area contributed by atoms with Crippen molar-refractivity contribution in [1.82, 2.24) is 4.90 Å². The van der Waals surface area contributed by atoms with Crippen molar-refractivity contribution in [3.8, 4) is 0 Å². The van der Waals surface area contributed by atoms with Gasteiger partial charge in [0, 0.05) is 18.5 Å². The van der Waals surface area contributed by atoms with Crippen molar-refractivity contribution in [2.75, 3.05) is 6.54 Å². The molecule has 0 saturated carbocycles. The van der Waals surface area contributed by atoms with Crippen molar-refractivity contribution >= 4 is 11.9 Å². The average Bonchev–Trinajstić information content (AvgIpc) is 2.26. The van der Waals surface area contributed by atoms with Crippen LogP contribution in [0.15, 0.2) is 12.7 Å². The molecule has 1 amide bonds. The molecule has 0 radical (unpaired) electrons. The van der Waals surface area contributed by atoms with Crippen molar-refractivity contribution in [3.05, 3.63) is 12.7 Å². The molecule has 0 aliphatic carbocycles. The Morgan fingerprint density at radius 3 is 2.44 bits per heavy atom. The summed E-state index contributed by atoms with van der Waals surface area (Å²) in [6.07, 6.45) is 2.64. The normalized spacial score (nSPS) is 24.6. The van der Waals surface area contributed by atoms with Gasteiger partial charge >= 0.3 is 6.09 Å². The van der Waals surface area contributed by atoms with Gasteiger partial charge in [-0.3, -0.25) is 4.79 Å². The summed E-state index contributed by atoms with van der Waals surface area (Å²) in [5.74, 6) is -0.123. The largest absolute Gasteiger partial charge is 0.444 e. The Morgan fingerprint density at radius 1 is 1.33 bits per heavy atom. The van der Waals surface area contributed by atoms with Crippen LogP contribution in [-0.4, -0.2) is 35.0 Å². The third-order valence-electron chi connectivity index (χ3n) is 3.11. The monoisotopic (exact) mass is 253 g/mol. The van der Waals surface area contributed by atoms with Gasteiger partial charge in [-0.1, -0.05) is 6.58 Å². The van der Waals surface area contributed by atoms with Crippen LogP contribution in [0.1, 0.15) is 40.5 Å². The molecule has 1 aliphatic rings. The Hall–Kier alpha value is -1.32. The number of hydrogen-bond donors (Lipinski definition) is 0. The zero-order chi connectivity index (χ0) is 13.9. The lowest BCUT2D eigenvalue weighted by Gasteiger charge is -2.37. The summed E-state index contributed by atoms with van der Waals surface area (Å²) in [5.41, 5.74) is -0.508. The van der Waals surface area contributed by atoms with Gasteiger partial charge in [0.05, 0.1) is 0 Å². The van der Waals surface area contributed by atoms with Crippen LogP contribution in [0, 0.1) is 5.92 Å². The molecule has 18 heavy (non-hydrogen) atoms. The van der Waals surface area contributed by atoms with Gasteiger partial charge in [-0.2, -0.15) is 0 Å². The topological polar surface area (TPSA) is 46.6 Å². The minimum absolute atomic E-state index is 0.00968. The van der Waals surface area contributed by atoms with Crippen LogP contribution in [0.5, 0.6) is 0 Å². The van der Waals surface area contributed by atoms with E-state index < -0.39 is 5.60 Å². The summed E-state index contributed by atoms with van der Waals surface area (Å²) in [7, 11) is 0. The van der Waals surface area contributed by atoms with Crippen LogP contribution >= 0.6 is 0 Å². The fraction of sp³-hybridized carbons (Fsp3) is 0.714. The molecule has 0 N–H and O–H groups in total. The minimum atomic E-state index is -0.508. The number of likely N-dealkylation sites (tertiary alicyclic amines) is 1. The molecule has 2 unspecified atom stereocenters. The molecule has 1 heterocycles. The van der Waals surface area contributed by atoms with E-state index in [1.807, 2.05) is 27.7 Å². The summed E-state index contributed by atoms with van der Waals surface area (Å²) < 4.78 is 5.36. The van der Waals surface area contributed by atoms with Crippen molar-refractivity contribution in [3.63, 3.8) is 0 Å². The first-order chi connectivity index (χ1) is 8.24. The Kier molecular flexibility index (Phi) is 4.54. The number of piperidine rings is 1. The second kappa shape index (κ2) is 5.55. The van der Waals surface area contributed by atoms with Crippen LogP contribution < -0.4 is 0 Å². The summed E-state index contributed by atoms with van der Waals surface area (Å²) in [6, 6.07) is 0.119. The number of ether oxygens (including phenoxy) is 1. The van der Waals surface area contributed by atoms with Gasteiger partial charge in [-0.05, 0) is 46.6 Å². The fourth-order valence-corrected chi connectivity index (χ4v) is 2.08. The minimum Gasteiger partial charge on any atom is -0.444 e. The zero-order valence-electron chi connectivity index (χ0n) is 11.7. The van der Waals surface area contributed by atoms with Crippen LogP contribution in [-0.2, 0) is 9.53 Å². The smallest absolute Gasteiger partial charge is 0.410 e. The number of carbonyl (C=O) groups is 2. The van der Waals surface area contributed by atoms with E-state index in [4.69, 9.17) is 4.74 Å². The number of hydrogen-bond acceptors (Lipinski definition) is 3. The van der Waals surface area contributed by atoms with Crippen molar-refractivity contribution in [2.45, 2.75) is 52.2 Å². The third kappa shape index (κ3) is 3.86. The first-order valence-corrected chi connectivity index (χ1v) is 6.40. The molecular formula is C14H23NO3. The summed E-state index contributed by atoms with van der Waals surface area (Å²) >= 11 is 0. The number of rotatable bonds is 2. The second-order valence-electron chi connectivity index (χ2n) is 5.86. The summed E-state index contributed by atoms with van der Waals surface area (Å²) in [4.78, 5) is 25.3. The average molecular weight is 253 g/mol. The molecule has 4 nitrogen and oxygen atoms in total. The van der Waals surface area contributed by atoms with E-state index in [1.165, 1.54) is 6.08 Å². The molecule has 1 saturated heterocycles. The predicted molar refractivity (Wildman–Crippen MR) is 70.3 cm³/mol. The van der Waals surface area contributed by atoms with Crippen molar-refractivity contribution in [2.24, 2.45) is 5.92 Å². The van der Waals surface area contributed by atoms with Crippen molar-refractivity contribution < 1.29 is 14.3 Å². The maximum Gasteiger partial charge on any atom is 0.410 e. The lowest BCUT2D eigenvalue weighted by molar-refractivity contribution is -0.120. The SMILES string of the molecule is C=CC(=O)C1CCC(C)N(C(=O)OC(C)(C)C)C1. The van der Waals surface area contributed by atoms with Gasteiger partial charge in [-0.15, -0.1) is 0 Å². The maximum atomic E-state index is 12.0. The highest BCUT2D eigenvalue weighted by Gasteiger charge is 2.33. The molecule has 0 aromatic rings. The molecule has 102 valence electrons. The van der Waals surface area contributed by atoms with Crippen LogP contribution in [0.4, 0.5) is 4.79 Å². The number of amides is 1. The van der Waals surface area contributed by atoms with Gasteiger partial charge in [-0.25, -0.2) is 4.79 Å². The van der Waals surface area contributed by atoms with E-state index in [9.17, 15) is 9.59 Å². The lowest BCUT2D eigenvalue weighted by Crippen LogP contribution is -2.48. The first kappa shape index (κ1) is 14.7. The molecule has 1 rings (SSSR count). The van der Waals surface area contributed by atoms with Gasteiger partial charge in [0.1, 0.15) is 5.60 Å². The van der Waals surface area contributed by atoms with E-state index in [-0.39, 0.29) is 23.8 Å². The third-order valence-corrected chi connectivity index (χ3v) is 3.11. The van der Waals surface area contributed by atoms with Crippen LogP contribution in [0.25, 0.3) is 0 Å². The van der Waals surface area contributed by atoms with E-state index in [0.717, 1.165) is 12.8 Å². The summed E-state index contributed by atoms with van der Waals surface area (Å²) in [6.45, 7) is 11.4. The molecular weight excluding hydrogens is 230 g/mol. The van der Waals surface area contributed by atoms with E-state index in [2.05, 4.69) is 6.58 Å². The summed E-state index contributed by atoms with van der Waals surface area (Å²) in [5, 5.41) is 0. The Bertz CT molecular complexity index is 343. The predicted octanol–water partition coefficient (Wildman–Crippen LogP) is 2.78. The highest BCUT2D eigenvalue weighted by Crippen LogP contribution is 2.24. The van der Waals surface area contributed by atoms with Gasteiger partial charge in [0.15, 0.2) is 5.78 Å². The Labute approximate surface area is 109 Å². The molecule has 0 bridgehead atoms. The van der Waals surface area contributed by atoms with Gasteiger partial charge < -0.3 is 9.64 Å². The van der Waals surface area contributed by atoms with Gasteiger partial charge in [0.2, 0.25) is 0 Å². The Morgan fingerprint density at radius 2 is 1.94 bits per heavy atom. The highest BCUT2D eigenvalue weighted by atomic mass is 16.6. The van der Waals surface area contributed by atoms with E-state index in [0.29, 0.717) is 6.54 Å². The fourth-order valence-electron chi connectivity index (χ4n) is 2.08. The second-order valence-corrected chi connectivity index (χ2v) is 5.86. The lowest BCUT2D eigenvalue weighted by atomic mass is 9.90. The molecule has 0 spiro atoms. The van der Waals surface area contributed by atoms with Crippen LogP contribution in [0.2, 0.25) is 0 Å². The van der Waals surface area contributed by atoms with Crippen LogP contribution in [0.3, 0.4) is 0 Å². The molecule has 1 aliphatic heterocycles. The van der Waals surface area contributed by atoms with Crippen molar-refractivity contribution in [1.29, 1.82) is 0 Å². The Balaban J connectivity index is 2.70. The number of allylic oxidation sites excluding steroid dienone is 1. The maximum absolute atomic E-state index is 12.0. The highest BCUT2D eigenvalue weighted by molar-refractivity contribution is 5.91. The number of ketones is 1. The quantitative estimate of drug-likeness (QED) is 0.711. The molecule has 2 atom stereocenters. The van der Waals surface area contributed by atoms with E-state index >= 15 is 0 Å². The van der Waals surface area contributed by atoms with E-state index in [1.54, 1.807) is 4.90 Å². The molecule has 0 aromatic carbocycles. The molecule has 4 heteroatoms. The first-order valence-electron chi connectivity index (χ1n) is 6.40. The standard InChI is InChI=1S/C14H23NO3/c1-6-12(16)11-8-7-10(2)15(9-11)13(17)18-14(3,4)5/h6,10-11H,1,7-9H2,2-5H3. The zero-order valence-corrected chi connectivity index (χ0v) is 11.7. The number of carbonyl (C=O) groups excluding carboxylic acids is 2. The molecule has 0 aromatic heterocycles.